The maximum atomic E-state index is 5.64. The number of hydrogen-bond acceptors (Lipinski definition) is 4. The second-order valence-electron chi connectivity index (χ2n) is 4.67. The molecular formula is C17H27N3O3. The van der Waals surface area contributed by atoms with Crippen LogP contribution in [0.1, 0.15) is 5.56 Å². The van der Waals surface area contributed by atoms with Crippen LogP contribution in [0.3, 0.4) is 0 Å². The lowest BCUT2D eigenvalue weighted by Gasteiger charge is -2.14. The topological polar surface area (TPSA) is 64.1 Å². The highest BCUT2D eigenvalue weighted by Gasteiger charge is 2.04. The Morgan fingerprint density at radius 3 is 2.78 bits per heavy atom. The van der Waals surface area contributed by atoms with Crippen molar-refractivity contribution in [2.45, 2.75) is 6.54 Å². The van der Waals surface area contributed by atoms with E-state index >= 15 is 0 Å². The van der Waals surface area contributed by atoms with E-state index < -0.39 is 0 Å². The lowest BCUT2D eigenvalue weighted by atomic mass is 10.2. The van der Waals surface area contributed by atoms with Gasteiger partial charge >= 0.3 is 0 Å². The fourth-order valence-corrected chi connectivity index (χ4v) is 1.82. The molecule has 0 aliphatic heterocycles. The van der Waals surface area contributed by atoms with Crippen molar-refractivity contribution in [3.63, 3.8) is 0 Å². The molecule has 128 valence electrons. The van der Waals surface area contributed by atoms with Gasteiger partial charge < -0.3 is 24.8 Å². The van der Waals surface area contributed by atoms with E-state index in [0.29, 0.717) is 39.5 Å². The molecule has 0 saturated heterocycles. The van der Waals surface area contributed by atoms with Crippen molar-refractivity contribution in [2.75, 3.05) is 47.1 Å². The Balaban J connectivity index is 2.35. The van der Waals surface area contributed by atoms with Gasteiger partial charge in [0, 0.05) is 32.8 Å². The minimum absolute atomic E-state index is 0.489. The largest absolute Gasteiger partial charge is 0.489 e. The summed E-state index contributed by atoms with van der Waals surface area (Å²) in [5, 5.41) is 6.45. The van der Waals surface area contributed by atoms with Crippen molar-refractivity contribution in [1.29, 1.82) is 0 Å². The predicted molar refractivity (Wildman–Crippen MR) is 93.0 cm³/mol. The van der Waals surface area contributed by atoms with Crippen molar-refractivity contribution in [3.05, 3.63) is 42.5 Å². The third-order valence-electron chi connectivity index (χ3n) is 2.97. The molecule has 0 unspecified atom stereocenters. The van der Waals surface area contributed by atoms with Gasteiger partial charge in [-0.1, -0.05) is 30.9 Å². The van der Waals surface area contributed by atoms with Crippen LogP contribution < -0.4 is 15.4 Å². The van der Waals surface area contributed by atoms with Crippen LogP contribution in [0, 0.1) is 0 Å². The molecule has 23 heavy (non-hydrogen) atoms. The molecule has 0 aliphatic carbocycles. The van der Waals surface area contributed by atoms with Crippen LogP contribution in [0.4, 0.5) is 0 Å². The van der Waals surface area contributed by atoms with Crippen molar-refractivity contribution in [3.8, 4) is 5.75 Å². The van der Waals surface area contributed by atoms with Crippen LogP contribution in [0.15, 0.2) is 41.9 Å². The molecule has 0 bridgehead atoms. The highest BCUT2D eigenvalue weighted by molar-refractivity contribution is 5.79. The number of para-hydroxylation sites is 1. The number of benzene rings is 1. The van der Waals surface area contributed by atoms with Crippen LogP contribution in [0.25, 0.3) is 0 Å². The second-order valence-corrected chi connectivity index (χ2v) is 4.67. The Labute approximate surface area is 138 Å². The van der Waals surface area contributed by atoms with Gasteiger partial charge in [-0.2, -0.15) is 0 Å². The number of rotatable bonds is 11. The SMILES string of the molecule is C=CCOc1ccccc1CNC(=NC)NCCOCCOC. The van der Waals surface area contributed by atoms with Gasteiger partial charge in [0.2, 0.25) is 0 Å². The summed E-state index contributed by atoms with van der Waals surface area (Å²) in [7, 11) is 3.39. The number of methoxy groups -OCH3 is 1. The zero-order chi connectivity index (χ0) is 16.8. The minimum atomic E-state index is 0.489. The van der Waals surface area contributed by atoms with E-state index in [1.54, 1.807) is 20.2 Å². The van der Waals surface area contributed by atoms with Gasteiger partial charge in [-0.25, -0.2) is 0 Å². The van der Waals surface area contributed by atoms with E-state index in [9.17, 15) is 0 Å². The molecule has 0 radical (unpaired) electrons. The molecule has 2 N–H and O–H groups in total. The smallest absolute Gasteiger partial charge is 0.191 e. The normalized spacial score (nSPS) is 11.1. The quantitative estimate of drug-likeness (QED) is 0.280. The number of hydrogen-bond donors (Lipinski definition) is 2. The van der Waals surface area contributed by atoms with Gasteiger partial charge in [-0.3, -0.25) is 4.99 Å². The molecule has 6 heteroatoms. The van der Waals surface area contributed by atoms with Gasteiger partial charge in [-0.05, 0) is 6.07 Å². The first-order valence-electron chi connectivity index (χ1n) is 7.64. The second kappa shape index (κ2) is 12.5. The molecule has 1 aromatic rings. The van der Waals surface area contributed by atoms with Crippen LogP contribution in [0.5, 0.6) is 5.75 Å². The molecule has 6 nitrogen and oxygen atoms in total. The summed E-state index contributed by atoms with van der Waals surface area (Å²) < 4.78 is 16.0. The predicted octanol–water partition coefficient (Wildman–Crippen LogP) is 1.58. The zero-order valence-electron chi connectivity index (χ0n) is 14.0. The third kappa shape index (κ3) is 8.23. The fraction of sp³-hybridized carbons (Fsp3) is 0.471. The Kier molecular flexibility index (Phi) is 10.3. The van der Waals surface area contributed by atoms with Crippen LogP contribution in [0.2, 0.25) is 0 Å². The average molecular weight is 321 g/mol. The lowest BCUT2D eigenvalue weighted by Crippen LogP contribution is -2.38. The number of nitrogens with one attached hydrogen (secondary N) is 2. The molecule has 1 aromatic carbocycles. The van der Waals surface area contributed by atoms with E-state index in [0.717, 1.165) is 17.3 Å². The van der Waals surface area contributed by atoms with Gasteiger partial charge in [-0.15, -0.1) is 0 Å². The maximum absolute atomic E-state index is 5.64. The first-order valence-corrected chi connectivity index (χ1v) is 7.64. The lowest BCUT2D eigenvalue weighted by molar-refractivity contribution is 0.0733. The summed E-state index contributed by atoms with van der Waals surface area (Å²) >= 11 is 0. The van der Waals surface area contributed by atoms with E-state index in [2.05, 4.69) is 22.2 Å². The van der Waals surface area contributed by atoms with Gasteiger partial charge in [0.05, 0.1) is 19.8 Å². The number of nitrogens with zero attached hydrogens (tertiary/aromatic N) is 1. The average Bonchev–Trinajstić information content (AvgIpc) is 2.59. The van der Waals surface area contributed by atoms with Crippen LogP contribution >= 0.6 is 0 Å². The van der Waals surface area contributed by atoms with E-state index in [1.165, 1.54) is 0 Å². The first-order chi connectivity index (χ1) is 11.3. The number of ether oxygens (including phenoxy) is 3. The molecule has 0 spiro atoms. The monoisotopic (exact) mass is 321 g/mol. The van der Waals surface area contributed by atoms with Crippen LogP contribution in [-0.4, -0.2) is 53.1 Å². The molecule has 0 fully saturated rings. The van der Waals surface area contributed by atoms with E-state index in [1.807, 2.05) is 24.3 Å². The van der Waals surface area contributed by atoms with Crippen molar-refractivity contribution in [2.24, 2.45) is 4.99 Å². The van der Waals surface area contributed by atoms with Crippen molar-refractivity contribution < 1.29 is 14.2 Å². The minimum Gasteiger partial charge on any atom is -0.489 e. The van der Waals surface area contributed by atoms with Gasteiger partial charge in [0.1, 0.15) is 12.4 Å². The van der Waals surface area contributed by atoms with Gasteiger partial charge in [0.25, 0.3) is 0 Å². The molecule has 0 saturated carbocycles. The van der Waals surface area contributed by atoms with Crippen molar-refractivity contribution in [1.82, 2.24) is 10.6 Å². The summed E-state index contributed by atoms with van der Waals surface area (Å²) in [5.41, 5.74) is 1.06. The van der Waals surface area contributed by atoms with E-state index in [-0.39, 0.29) is 0 Å². The van der Waals surface area contributed by atoms with Crippen molar-refractivity contribution >= 4 is 5.96 Å². The number of guanidine groups is 1. The third-order valence-corrected chi connectivity index (χ3v) is 2.97. The molecule has 0 atom stereocenters. The zero-order valence-corrected chi connectivity index (χ0v) is 14.0. The summed E-state index contributed by atoms with van der Waals surface area (Å²) in [6.45, 7) is 7.26. The summed E-state index contributed by atoms with van der Waals surface area (Å²) in [6, 6.07) is 7.90. The highest BCUT2D eigenvalue weighted by Crippen LogP contribution is 2.17. The first kappa shape index (κ1) is 19.0. The Bertz CT molecular complexity index is 478. The molecule has 0 aliphatic rings. The molecule has 0 amide bonds. The number of aliphatic imine (C=N–C) groups is 1. The standard InChI is InChI=1S/C17H27N3O3/c1-4-10-23-16-8-6-5-7-15(16)14-20-17(18-2)19-9-11-22-13-12-21-3/h4-8H,1,9-14H2,2-3H3,(H2,18,19,20). The molecule has 1 rings (SSSR count). The fourth-order valence-electron chi connectivity index (χ4n) is 1.82. The van der Waals surface area contributed by atoms with Gasteiger partial charge in [0.15, 0.2) is 5.96 Å². The Morgan fingerprint density at radius 2 is 2.04 bits per heavy atom. The molecular weight excluding hydrogens is 294 g/mol. The Hall–Kier alpha value is -2.05. The molecule has 0 heterocycles. The highest BCUT2D eigenvalue weighted by atomic mass is 16.5. The maximum Gasteiger partial charge on any atom is 0.191 e. The molecule has 0 aromatic heterocycles. The summed E-state index contributed by atoms with van der Waals surface area (Å²) in [4.78, 5) is 4.19. The Morgan fingerprint density at radius 1 is 1.22 bits per heavy atom. The summed E-state index contributed by atoms with van der Waals surface area (Å²) in [6.07, 6.45) is 1.73. The van der Waals surface area contributed by atoms with E-state index in [4.69, 9.17) is 14.2 Å². The summed E-state index contributed by atoms with van der Waals surface area (Å²) in [5.74, 6) is 1.57. The van der Waals surface area contributed by atoms with Crippen LogP contribution in [-0.2, 0) is 16.0 Å².